The first kappa shape index (κ1) is 19.7. The highest BCUT2D eigenvalue weighted by atomic mass is 35.5. The van der Waals surface area contributed by atoms with Crippen molar-refractivity contribution in [2.45, 2.75) is 25.7 Å². The van der Waals surface area contributed by atoms with Gasteiger partial charge >= 0.3 is 0 Å². The number of sulfonamides is 1. The number of methoxy groups -OCH3 is 1. The van der Waals surface area contributed by atoms with Gasteiger partial charge in [0.1, 0.15) is 5.75 Å². The molecule has 0 aliphatic rings. The van der Waals surface area contributed by atoms with Crippen LogP contribution in [0, 0.1) is 5.41 Å². The minimum absolute atomic E-state index is 0.00872. The van der Waals surface area contributed by atoms with Gasteiger partial charge in [-0.05, 0) is 23.6 Å². The molecule has 1 rings (SSSR count). The Morgan fingerprint density at radius 3 is 2.43 bits per heavy atom. The molecule has 0 atom stereocenters. The van der Waals surface area contributed by atoms with Gasteiger partial charge in [0.05, 0.1) is 23.6 Å². The van der Waals surface area contributed by atoms with Gasteiger partial charge in [0.25, 0.3) is 0 Å². The summed E-state index contributed by atoms with van der Waals surface area (Å²) in [6.45, 7) is 6.14. The van der Waals surface area contributed by atoms with Crippen molar-refractivity contribution in [3.63, 3.8) is 0 Å². The second-order valence-electron chi connectivity index (χ2n) is 6.39. The predicted molar refractivity (Wildman–Crippen MR) is 90.3 cm³/mol. The number of nitrogens with one attached hydrogen (secondary N) is 1. The Kier molecular flexibility index (Phi) is 6.44. The van der Waals surface area contributed by atoms with E-state index in [1.165, 1.54) is 32.4 Å². The third-order valence-electron chi connectivity index (χ3n) is 3.01. The number of likely N-dealkylation sites (N-methyl/N-ethyl adjacent to an activating group) is 1. The van der Waals surface area contributed by atoms with Crippen LogP contribution in [0.15, 0.2) is 23.1 Å². The molecule has 0 unspecified atom stereocenters. The zero-order chi connectivity index (χ0) is 17.8. The zero-order valence-electron chi connectivity index (χ0n) is 14.0. The molecule has 0 bridgehead atoms. The second-order valence-corrected chi connectivity index (χ2v) is 8.85. The average Bonchev–Trinajstić information content (AvgIpc) is 2.44. The van der Waals surface area contributed by atoms with Gasteiger partial charge < -0.3 is 10.1 Å². The molecule has 0 saturated heterocycles. The quantitative estimate of drug-likeness (QED) is 0.841. The number of hydrogen-bond acceptors (Lipinski definition) is 4. The van der Waals surface area contributed by atoms with Crippen LogP contribution in [0.25, 0.3) is 0 Å². The van der Waals surface area contributed by atoms with Gasteiger partial charge in [-0.15, -0.1) is 0 Å². The zero-order valence-corrected chi connectivity index (χ0v) is 15.6. The van der Waals surface area contributed by atoms with E-state index in [1.807, 2.05) is 20.8 Å². The van der Waals surface area contributed by atoms with Crippen LogP contribution in [-0.2, 0) is 14.8 Å². The number of amides is 1. The van der Waals surface area contributed by atoms with E-state index in [2.05, 4.69) is 5.32 Å². The molecule has 1 N–H and O–H groups in total. The molecule has 0 aromatic heterocycles. The maximum absolute atomic E-state index is 12.5. The summed E-state index contributed by atoms with van der Waals surface area (Å²) in [5.41, 5.74) is -0.0728. The Morgan fingerprint density at radius 1 is 1.35 bits per heavy atom. The molecule has 1 aromatic carbocycles. The van der Waals surface area contributed by atoms with Gasteiger partial charge in [0.15, 0.2) is 0 Å². The minimum Gasteiger partial charge on any atom is -0.495 e. The monoisotopic (exact) mass is 362 g/mol. The van der Waals surface area contributed by atoms with Crippen LogP contribution in [0.4, 0.5) is 0 Å². The number of rotatable bonds is 6. The first-order valence-corrected chi connectivity index (χ1v) is 8.86. The van der Waals surface area contributed by atoms with Crippen molar-refractivity contribution in [3.05, 3.63) is 23.2 Å². The van der Waals surface area contributed by atoms with E-state index in [9.17, 15) is 13.2 Å². The van der Waals surface area contributed by atoms with Crippen LogP contribution in [0.1, 0.15) is 20.8 Å². The Labute approximate surface area is 142 Å². The molecule has 0 aliphatic carbocycles. The smallest absolute Gasteiger partial charge is 0.243 e. The molecule has 130 valence electrons. The highest BCUT2D eigenvalue weighted by Gasteiger charge is 2.24. The largest absolute Gasteiger partial charge is 0.495 e. The number of halogens is 1. The Balaban J connectivity index is 2.83. The molecule has 0 spiro atoms. The van der Waals surface area contributed by atoms with Gasteiger partial charge in [-0.1, -0.05) is 32.4 Å². The van der Waals surface area contributed by atoms with Crippen molar-refractivity contribution in [1.82, 2.24) is 9.62 Å². The third-order valence-corrected chi connectivity index (χ3v) is 5.11. The van der Waals surface area contributed by atoms with Crippen LogP contribution < -0.4 is 10.1 Å². The lowest BCUT2D eigenvalue weighted by Gasteiger charge is -2.21. The molecule has 1 aromatic rings. The number of hydrogen-bond donors (Lipinski definition) is 1. The van der Waals surface area contributed by atoms with Crippen LogP contribution in [0.3, 0.4) is 0 Å². The fourth-order valence-electron chi connectivity index (χ4n) is 1.69. The average molecular weight is 363 g/mol. The van der Waals surface area contributed by atoms with Crippen molar-refractivity contribution >= 4 is 27.5 Å². The van der Waals surface area contributed by atoms with Crippen molar-refractivity contribution in [2.24, 2.45) is 5.41 Å². The van der Waals surface area contributed by atoms with Crippen molar-refractivity contribution < 1.29 is 17.9 Å². The van der Waals surface area contributed by atoms with E-state index in [-0.39, 0.29) is 27.8 Å². The van der Waals surface area contributed by atoms with E-state index in [0.717, 1.165) is 4.31 Å². The van der Waals surface area contributed by atoms with E-state index in [0.29, 0.717) is 12.3 Å². The van der Waals surface area contributed by atoms with Gasteiger partial charge in [0.2, 0.25) is 15.9 Å². The van der Waals surface area contributed by atoms with Gasteiger partial charge in [-0.3, -0.25) is 4.79 Å². The highest BCUT2D eigenvalue weighted by molar-refractivity contribution is 7.89. The van der Waals surface area contributed by atoms with Crippen molar-refractivity contribution in [1.29, 1.82) is 0 Å². The second kappa shape index (κ2) is 7.51. The van der Waals surface area contributed by atoms with Crippen LogP contribution in [-0.4, -0.2) is 45.9 Å². The Bertz CT molecular complexity index is 669. The van der Waals surface area contributed by atoms with E-state index >= 15 is 0 Å². The topological polar surface area (TPSA) is 75.7 Å². The molecule has 1 amide bonds. The van der Waals surface area contributed by atoms with Gasteiger partial charge in [-0.2, -0.15) is 4.31 Å². The predicted octanol–water partition coefficient (Wildman–Crippen LogP) is 2.13. The summed E-state index contributed by atoms with van der Waals surface area (Å²) in [5, 5.41) is 2.91. The summed E-state index contributed by atoms with van der Waals surface area (Å²) < 4.78 is 30.9. The van der Waals surface area contributed by atoms with Gasteiger partial charge in [-0.25, -0.2) is 8.42 Å². The number of carbonyl (C=O) groups is 1. The molecular formula is C15H23ClN2O4S. The van der Waals surface area contributed by atoms with Crippen LogP contribution in [0.5, 0.6) is 5.75 Å². The first-order valence-electron chi connectivity index (χ1n) is 7.04. The Hall–Kier alpha value is -1.31. The summed E-state index contributed by atoms with van der Waals surface area (Å²) >= 11 is 5.96. The molecule has 23 heavy (non-hydrogen) atoms. The molecule has 0 saturated carbocycles. The molecule has 0 fully saturated rings. The normalized spacial score (nSPS) is 12.3. The number of ether oxygens (including phenoxy) is 1. The lowest BCUT2D eigenvalue weighted by Crippen LogP contribution is -2.41. The fourth-order valence-corrected chi connectivity index (χ4v) is 3.17. The van der Waals surface area contributed by atoms with Crippen LogP contribution >= 0.6 is 11.6 Å². The number of nitrogens with zero attached hydrogens (tertiary/aromatic N) is 1. The summed E-state index contributed by atoms with van der Waals surface area (Å²) in [6.07, 6.45) is 0. The van der Waals surface area contributed by atoms with Crippen LogP contribution in [0.2, 0.25) is 5.02 Å². The van der Waals surface area contributed by atoms with Crippen molar-refractivity contribution in [2.75, 3.05) is 27.2 Å². The van der Waals surface area contributed by atoms with Gasteiger partial charge in [0, 0.05) is 13.6 Å². The first-order chi connectivity index (χ1) is 10.5. The lowest BCUT2D eigenvalue weighted by atomic mass is 9.97. The standard InChI is InChI=1S/C15H23ClN2O4S/c1-15(2,3)10-17-14(19)9-18(4)23(20,21)11-6-7-13(22-5)12(16)8-11/h6-8H,9-10H2,1-5H3,(H,17,19). The molecule has 8 heteroatoms. The Morgan fingerprint density at radius 2 is 1.96 bits per heavy atom. The summed E-state index contributed by atoms with van der Waals surface area (Å²) in [7, 11) is -1.01. The van der Waals surface area contributed by atoms with E-state index < -0.39 is 10.0 Å². The molecule has 0 radical (unpaired) electrons. The number of carbonyl (C=O) groups excluding carboxylic acids is 1. The number of benzene rings is 1. The minimum atomic E-state index is -3.80. The summed E-state index contributed by atoms with van der Waals surface area (Å²) in [6, 6.07) is 4.17. The summed E-state index contributed by atoms with van der Waals surface area (Å²) in [4.78, 5) is 11.9. The highest BCUT2D eigenvalue weighted by Crippen LogP contribution is 2.28. The fraction of sp³-hybridized carbons (Fsp3) is 0.533. The van der Waals surface area contributed by atoms with Crippen molar-refractivity contribution in [3.8, 4) is 5.75 Å². The third kappa shape index (κ3) is 5.67. The molecule has 6 nitrogen and oxygen atoms in total. The lowest BCUT2D eigenvalue weighted by molar-refractivity contribution is -0.121. The van der Waals surface area contributed by atoms with E-state index in [4.69, 9.17) is 16.3 Å². The maximum Gasteiger partial charge on any atom is 0.243 e. The maximum atomic E-state index is 12.5. The van der Waals surface area contributed by atoms with E-state index in [1.54, 1.807) is 0 Å². The SMILES string of the molecule is COc1ccc(S(=O)(=O)N(C)CC(=O)NCC(C)(C)C)cc1Cl. The molecular weight excluding hydrogens is 340 g/mol. The molecule has 0 heterocycles. The molecule has 0 aliphatic heterocycles. The summed E-state index contributed by atoms with van der Waals surface area (Å²) in [5.74, 6) is 0.0294.